The molecule has 3 amide bonds. The molecule has 0 unspecified atom stereocenters. The zero-order valence-corrected chi connectivity index (χ0v) is 15.6. The fraction of sp³-hybridized carbons (Fsp3) is 0.158. The van der Waals surface area contributed by atoms with Crippen molar-refractivity contribution in [3.63, 3.8) is 0 Å². The zero-order chi connectivity index (χ0) is 19.6. The molecule has 3 N–H and O–H groups in total. The molecule has 0 aliphatic carbocycles. The van der Waals surface area contributed by atoms with Crippen LogP contribution in [0, 0.1) is 5.82 Å². The first-order valence-corrected chi connectivity index (χ1v) is 8.90. The standard InChI is InChI=1S/C19H16Cl2FN3O2/c20-15-3-1-2-14-11(9-24-18(14)15)5-7-17(26)25(19(23)27)10-12-4-6-13(22)8-16(12)21/h1-4,6,8-9,24H,5,7,10H2,(H2,23,27). The Morgan fingerprint density at radius 1 is 1.11 bits per heavy atom. The third-order valence-electron chi connectivity index (χ3n) is 4.27. The number of aryl methyl sites for hydroxylation is 1. The van der Waals surface area contributed by atoms with Crippen LogP contribution in [0.3, 0.4) is 0 Å². The molecule has 0 bridgehead atoms. The van der Waals surface area contributed by atoms with E-state index in [9.17, 15) is 14.0 Å². The number of urea groups is 1. The van der Waals surface area contributed by atoms with E-state index in [4.69, 9.17) is 28.9 Å². The summed E-state index contributed by atoms with van der Waals surface area (Å²) in [5, 5.41) is 1.64. The average molecular weight is 408 g/mol. The molecule has 0 atom stereocenters. The molecule has 140 valence electrons. The van der Waals surface area contributed by atoms with E-state index in [0.717, 1.165) is 27.4 Å². The summed E-state index contributed by atoms with van der Waals surface area (Å²) in [5.41, 5.74) is 7.49. The van der Waals surface area contributed by atoms with Crippen LogP contribution in [-0.2, 0) is 17.8 Å². The summed E-state index contributed by atoms with van der Waals surface area (Å²) < 4.78 is 13.2. The van der Waals surface area contributed by atoms with Crippen LogP contribution in [0.4, 0.5) is 9.18 Å². The number of amides is 3. The molecule has 1 aromatic heterocycles. The zero-order valence-electron chi connectivity index (χ0n) is 14.1. The predicted molar refractivity (Wildman–Crippen MR) is 103 cm³/mol. The number of benzene rings is 2. The number of primary amides is 1. The van der Waals surface area contributed by atoms with Crippen LogP contribution in [0.1, 0.15) is 17.5 Å². The first-order valence-electron chi connectivity index (χ1n) is 8.15. The van der Waals surface area contributed by atoms with Crippen LogP contribution in [-0.4, -0.2) is 21.8 Å². The molecular weight excluding hydrogens is 392 g/mol. The van der Waals surface area contributed by atoms with E-state index < -0.39 is 17.8 Å². The second-order valence-corrected chi connectivity index (χ2v) is 6.84. The molecule has 0 saturated heterocycles. The number of hydrogen-bond donors (Lipinski definition) is 2. The number of nitrogens with zero attached hydrogens (tertiary/aromatic N) is 1. The number of imide groups is 1. The first kappa shape index (κ1) is 19.2. The summed E-state index contributed by atoms with van der Waals surface area (Å²) in [6.45, 7) is -0.118. The van der Waals surface area contributed by atoms with Gasteiger partial charge in [-0.25, -0.2) is 9.18 Å². The number of rotatable bonds is 5. The van der Waals surface area contributed by atoms with Gasteiger partial charge in [0.2, 0.25) is 5.91 Å². The Balaban J connectivity index is 1.73. The lowest BCUT2D eigenvalue weighted by Gasteiger charge is -2.19. The fourth-order valence-electron chi connectivity index (χ4n) is 2.87. The number of carbonyl (C=O) groups is 2. The average Bonchev–Trinajstić information content (AvgIpc) is 3.03. The first-order chi connectivity index (χ1) is 12.9. The fourth-order valence-corrected chi connectivity index (χ4v) is 3.32. The van der Waals surface area contributed by atoms with Crippen LogP contribution in [0.25, 0.3) is 10.9 Å². The van der Waals surface area contributed by atoms with E-state index in [1.807, 2.05) is 12.1 Å². The lowest BCUT2D eigenvalue weighted by Crippen LogP contribution is -2.40. The lowest BCUT2D eigenvalue weighted by molar-refractivity contribution is -0.128. The van der Waals surface area contributed by atoms with Gasteiger partial charge < -0.3 is 10.7 Å². The van der Waals surface area contributed by atoms with E-state index in [0.29, 0.717) is 17.0 Å². The third kappa shape index (κ3) is 4.23. The molecule has 0 aliphatic rings. The Morgan fingerprint density at radius 3 is 2.59 bits per heavy atom. The maximum absolute atomic E-state index is 13.2. The minimum absolute atomic E-state index is 0.0707. The smallest absolute Gasteiger partial charge is 0.321 e. The van der Waals surface area contributed by atoms with Crippen molar-refractivity contribution in [2.75, 3.05) is 0 Å². The molecule has 8 heteroatoms. The highest BCUT2D eigenvalue weighted by atomic mass is 35.5. The van der Waals surface area contributed by atoms with Gasteiger partial charge in [-0.15, -0.1) is 0 Å². The van der Waals surface area contributed by atoms with Crippen molar-refractivity contribution in [3.05, 3.63) is 69.6 Å². The number of carbonyl (C=O) groups excluding carboxylic acids is 2. The maximum Gasteiger partial charge on any atom is 0.321 e. The van der Waals surface area contributed by atoms with E-state index in [2.05, 4.69) is 4.98 Å². The topological polar surface area (TPSA) is 79.2 Å². The van der Waals surface area contributed by atoms with Gasteiger partial charge in [0.1, 0.15) is 5.82 Å². The van der Waals surface area contributed by atoms with Crippen molar-refractivity contribution in [2.45, 2.75) is 19.4 Å². The van der Waals surface area contributed by atoms with Gasteiger partial charge in [-0.1, -0.05) is 41.4 Å². The van der Waals surface area contributed by atoms with Gasteiger partial charge >= 0.3 is 6.03 Å². The normalized spacial score (nSPS) is 10.9. The van der Waals surface area contributed by atoms with Crippen molar-refractivity contribution in [2.24, 2.45) is 5.73 Å². The number of fused-ring (bicyclic) bond motifs is 1. The van der Waals surface area contributed by atoms with Crippen LogP contribution in [0.2, 0.25) is 10.0 Å². The Morgan fingerprint density at radius 2 is 1.89 bits per heavy atom. The van der Waals surface area contributed by atoms with Crippen molar-refractivity contribution in [1.82, 2.24) is 9.88 Å². The van der Waals surface area contributed by atoms with Gasteiger partial charge in [0.15, 0.2) is 0 Å². The van der Waals surface area contributed by atoms with E-state index in [1.165, 1.54) is 12.1 Å². The molecule has 2 aromatic carbocycles. The minimum Gasteiger partial charge on any atom is -0.360 e. The Hall–Kier alpha value is -2.57. The van der Waals surface area contributed by atoms with Gasteiger partial charge in [0.25, 0.3) is 0 Å². The summed E-state index contributed by atoms with van der Waals surface area (Å²) in [7, 11) is 0. The van der Waals surface area contributed by atoms with Crippen LogP contribution >= 0.6 is 23.2 Å². The Kier molecular flexibility index (Phi) is 5.68. The molecule has 5 nitrogen and oxygen atoms in total. The molecule has 3 aromatic rings. The van der Waals surface area contributed by atoms with Gasteiger partial charge in [-0.2, -0.15) is 0 Å². The molecule has 27 heavy (non-hydrogen) atoms. The SMILES string of the molecule is NC(=O)N(Cc1ccc(F)cc1Cl)C(=O)CCc1c[nH]c2c(Cl)cccc12. The number of hydrogen-bond acceptors (Lipinski definition) is 2. The maximum atomic E-state index is 13.2. The largest absolute Gasteiger partial charge is 0.360 e. The number of para-hydroxylation sites is 1. The van der Waals surface area contributed by atoms with Gasteiger partial charge in [-0.05, 0) is 35.7 Å². The van der Waals surface area contributed by atoms with Crippen molar-refractivity contribution >= 4 is 46.0 Å². The highest BCUT2D eigenvalue weighted by Crippen LogP contribution is 2.26. The van der Waals surface area contributed by atoms with Crippen LogP contribution < -0.4 is 5.73 Å². The van der Waals surface area contributed by atoms with E-state index >= 15 is 0 Å². The highest BCUT2D eigenvalue weighted by Gasteiger charge is 2.21. The van der Waals surface area contributed by atoms with Crippen molar-refractivity contribution in [3.8, 4) is 0 Å². The summed E-state index contributed by atoms with van der Waals surface area (Å²) in [6.07, 6.45) is 2.26. The van der Waals surface area contributed by atoms with Gasteiger partial charge in [0.05, 0.1) is 17.1 Å². The van der Waals surface area contributed by atoms with Crippen LogP contribution in [0.15, 0.2) is 42.6 Å². The van der Waals surface area contributed by atoms with Gasteiger partial charge in [-0.3, -0.25) is 9.69 Å². The molecule has 0 radical (unpaired) electrons. The van der Waals surface area contributed by atoms with Crippen molar-refractivity contribution < 1.29 is 14.0 Å². The minimum atomic E-state index is -0.887. The molecule has 0 spiro atoms. The highest BCUT2D eigenvalue weighted by molar-refractivity contribution is 6.35. The molecule has 0 aliphatic heterocycles. The van der Waals surface area contributed by atoms with E-state index in [-0.39, 0.29) is 18.0 Å². The quantitative estimate of drug-likeness (QED) is 0.645. The molecule has 3 rings (SSSR count). The molecule has 1 heterocycles. The Labute approximate surface area is 164 Å². The van der Waals surface area contributed by atoms with Crippen molar-refractivity contribution in [1.29, 1.82) is 0 Å². The van der Waals surface area contributed by atoms with E-state index in [1.54, 1.807) is 12.3 Å². The summed E-state index contributed by atoms with van der Waals surface area (Å²) in [4.78, 5) is 28.3. The number of halogens is 3. The van der Waals surface area contributed by atoms with Gasteiger partial charge in [0, 0.05) is 23.0 Å². The number of nitrogens with two attached hydrogens (primary N) is 1. The number of aromatic amines is 1. The second kappa shape index (κ2) is 7.98. The predicted octanol–water partition coefficient (Wildman–Crippen LogP) is 4.65. The number of H-pyrrole nitrogens is 1. The molecule has 0 saturated carbocycles. The third-order valence-corrected chi connectivity index (χ3v) is 4.94. The summed E-state index contributed by atoms with van der Waals surface area (Å²) >= 11 is 12.1. The second-order valence-electron chi connectivity index (χ2n) is 6.03. The monoisotopic (exact) mass is 407 g/mol. The number of aromatic nitrogens is 1. The summed E-state index contributed by atoms with van der Waals surface area (Å²) in [5.74, 6) is -0.946. The molecule has 0 fully saturated rings. The summed E-state index contributed by atoms with van der Waals surface area (Å²) in [6, 6.07) is 8.37. The van der Waals surface area contributed by atoms with Crippen LogP contribution in [0.5, 0.6) is 0 Å². The number of nitrogens with one attached hydrogen (secondary N) is 1. The molecular formula is C19H16Cl2FN3O2. The Bertz CT molecular complexity index is 1020. The lowest BCUT2D eigenvalue weighted by atomic mass is 10.1.